The molecule has 3 aliphatic rings. The van der Waals surface area contributed by atoms with Crippen LogP contribution in [0.2, 0.25) is 0 Å². The number of ether oxygens (including phenoxy) is 1. The first-order valence-electron chi connectivity index (χ1n) is 10.8. The Morgan fingerprint density at radius 3 is 2.66 bits per heavy atom. The van der Waals surface area contributed by atoms with Crippen molar-refractivity contribution in [3.63, 3.8) is 0 Å². The van der Waals surface area contributed by atoms with Gasteiger partial charge in [0.1, 0.15) is 0 Å². The molecule has 1 aliphatic heterocycles. The molecule has 1 N–H and O–H groups in total. The van der Waals surface area contributed by atoms with E-state index in [1.165, 1.54) is 30.6 Å². The summed E-state index contributed by atoms with van der Waals surface area (Å²) in [4.78, 5) is 31.9. The molecule has 154 valence electrons. The van der Waals surface area contributed by atoms with Gasteiger partial charge in [0.2, 0.25) is 5.91 Å². The molecule has 0 radical (unpaired) electrons. The number of nitrogens with one attached hydrogen (secondary N) is 1. The summed E-state index contributed by atoms with van der Waals surface area (Å²) in [5.41, 5.74) is 1.53. The summed E-state index contributed by atoms with van der Waals surface area (Å²) in [6.45, 7) is 1.68. The molecule has 3 fully saturated rings. The number of likely N-dealkylation sites (tertiary alicyclic amines) is 1. The van der Waals surface area contributed by atoms with Crippen molar-refractivity contribution in [2.24, 2.45) is 5.92 Å². The van der Waals surface area contributed by atoms with Gasteiger partial charge in [0.25, 0.3) is 5.91 Å². The maximum Gasteiger partial charge on any atom is 0.253 e. The van der Waals surface area contributed by atoms with Crippen molar-refractivity contribution in [3.05, 3.63) is 23.8 Å². The van der Waals surface area contributed by atoms with Crippen molar-refractivity contribution in [1.82, 2.24) is 9.88 Å². The molecule has 2 saturated carbocycles. The Labute approximate surface area is 174 Å². The second-order valence-corrected chi connectivity index (χ2v) is 9.54. The monoisotopic (exact) mass is 413 g/mol. The van der Waals surface area contributed by atoms with Gasteiger partial charge in [0, 0.05) is 24.6 Å². The van der Waals surface area contributed by atoms with Crippen LogP contribution < -0.4 is 5.32 Å². The summed E-state index contributed by atoms with van der Waals surface area (Å²) in [6, 6.07) is 5.64. The molecule has 1 saturated heterocycles. The molecule has 2 aromatic rings. The highest BCUT2D eigenvalue weighted by atomic mass is 32.1. The van der Waals surface area contributed by atoms with Crippen LogP contribution in [-0.4, -0.2) is 47.0 Å². The number of benzene rings is 1. The van der Waals surface area contributed by atoms with Crippen molar-refractivity contribution in [2.75, 3.05) is 18.4 Å². The van der Waals surface area contributed by atoms with E-state index in [1.807, 2.05) is 23.1 Å². The Morgan fingerprint density at radius 1 is 1.07 bits per heavy atom. The van der Waals surface area contributed by atoms with E-state index in [2.05, 4.69) is 10.3 Å². The van der Waals surface area contributed by atoms with Gasteiger partial charge < -0.3 is 15.0 Å². The zero-order chi connectivity index (χ0) is 19.8. The first-order valence-corrected chi connectivity index (χ1v) is 11.6. The number of aromatic nitrogens is 1. The second kappa shape index (κ2) is 8.03. The molecule has 7 heteroatoms. The minimum atomic E-state index is 0.00185. The molecule has 6 nitrogen and oxygen atoms in total. The molecule has 5 rings (SSSR count). The van der Waals surface area contributed by atoms with E-state index in [-0.39, 0.29) is 23.8 Å². The Hall–Kier alpha value is -1.99. The number of hydrogen-bond donors (Lipinski definition) is 1. The fraction of sp³-hybridized carbons (Fsp3) is 0.591. The van der Waals surface area contributed by atoms with Crippen LogP contribution in [0, 0.1) is 5.92 Å². The molecule has 1 aromatic heterocycles. The van der Waals surface area contributed by atoms with Gasteiger partial charge in [-0.2, -0.15) is 0 Å². The van der Waals surface area contributed by atoms with E-state index in [0.717, 1.165) is 55.4 Å². The van der Waals surface area contributed by atoms with Crippen LogP contribution in [0.3, 0.4) is 0 Å². The van der Waals surface area contributed by atoms with Gasteiger partial charge in [-0.1, -0.05) is 11.3 Å². The van der Waals surface area contributed by atoms with E-state index < -0.39 is 0 Å². The standard InChI is InChI=1S/C22H27N3O3S/c26-20(14-4-6-17(12-14)28-16-7-8-16)24-22-23-18-9-5-15(13-19(18)29-22)21(27)25-10-2-1-3-11-25/h5,9,13-14,16-17H,1-4,6-8,10-12H2,(H,23,24,26). The Bertz CT molecular complexity index is 917. The van der Waals surface area contributed by atoms with Gasteiger partial charge in [-0.05, 0) is 69.6 Å². The average molecular weight is 414 g/mol. The first-order chi connectivity index (χ1) is 14.2. The summed E-state index contributed by atoms with van der Waals surface area (Å²) in [6.07, 6.45) is 9.03. The average Bonchev–Trinajstić information content (AvgIpc) is 3.27. The Kier molecular flexibility index (Phi) is 5.26. The van der Waals surface area contributed by atoms with Crippen LogP contribution in [0.5, 0.6) is 0 Å². The highest BCUT2D eigenvalue weighted by Gasteiger charge is 2.34. The van der Waals surface area contributed by atoms with Crippen molar-refractivity contribution >= 4 is 38.5 Å². The molecule has 2 amide bonds. The number of thiazole rings is 1. The lowest BCUT2D eigenvalue weighted by atomic mass is 10.1. The van der Waals surface area contributed by atoms with Crippen molar-refractivity contribution in [1.29, 1.82) is 0 Å². The smallest absolute Gasteiger partial charge is 0.253 e. The van der Waals surface area contributed by atoms with E-state index in [9.17, 15) is 9.59 Å². The highest BCUT2D eigenvalue weighted by Crippen LogP contribution is 2.35. The van der Waals surface area contributed by atoms with E-state index in [4.69, 9.17) is 4.74 Å². The molecule has 0 spiro atoms. The quantitative estimate of drug-likeness (QED) is 0.797. The molecule has 1 aromatic carbocycles. The zero-order valence-corrected chi connectivity index (χ0v) is 17.4. The third kappa shape index (κ3) is 4.31. The number of fused-ring (bicyclic) bond motifs is 1. The maximum absolute atomic E-state index is 12.7. The summed E-state index contributed by atoms with van der Waals surface area (Å²) in [5, 5.41) is 3.60. The molecule has 2 heterocycles. The van der Waals surface area contributed by atoms with Crippen molar-refractivity contribution < 1.29 is 14.3 Å². The van der Waals surface area contributed by atoms with E-state index in [0.29, 0.717) is 16.8 Å². The molecular weight excluding hydrogens is 386 g/mol. The normalized spacial score (nSPS) is 24.8. The van der Waals surface area contributed by atoms with Gasteiger partial charge in [-0.25, -0.2) is 4.98 Å². The summed E-state index contributed by atoms with van der Waals surface area (Å²) < 4.78 is 6.89. The summed E-state index contributed by atoms with van der Waals surface area (Å²) >= 11 is 1.44. The topological polar surface area (TPSA) is 71.5 Å². The summed E-state index contributed by atoms with van der Waals surface area (Å²) in [5.74, 6) is 0.135. The second-order valence-electron chi connectivity index (χ2n) is 8.51. The fourth-order valence-corrected chi connectivity index (χ4v) is 5.28. The molecule has 2 atom stereocenters. The lowest BCUT2D eigenvalue weighted by Crippen LogP contribution is -2.35. The molecule has 2 aliphatic carbocycles. The number of carbonyl (C=O) groups is 2. The molecule has 2 unspecified atom stereocenters. The minimum Gasteiger partial charge on any atom is -0.375 e. The van der Waals surface area contributed by atoms with Crippen LogP contribution in [0.1, 0.15) is 61.7 Å². The van der Waals surface area contributed by atoms with Gasteiger partial charge >= 0.3 is 0 Å². The predicted molar refractivity (Wildman–Crippen MR) is 113 cm³/mol. The van der Waals surface area contributed by atoms with Crippen LogP contribution in [0.15, 0.2) is 18.2 Å². The number of carbonyl (C=O) groups excluding carboxylic acids is 2. The lowest BCUT2D eigenvalue weighted by Gasteiger charge is -2.26. The lowest BCUT2D eigenvalue weighted by molar-refractivity contribution is -0.120. The van der Waals surface area contributed by atoms with Crippen molar-refractivity contribution in [2.45, 2.75) is 63.6 Å². The Morgan fingerprint density at radius 2 is 1.86 bits per heavy atom. The van der Waals surface area contributed by atoms with Crippen LogP contribution in [-0.2, 0) is 9.53 Å². The molecule has 0 bridgehead atoms. The van der Waals surface area contributed by atoms with Crippen LogP contribution in [0.4, 0.5) is 5.13 Å². The predicted octanol–water partition coefficient (Wildman–Crippen LogP) is 4.21. The van der Waals surface area contributed by atoms with Gasteiger partial charge in [-0.3, -0.25) is 9.59 Å². The number of nitrogens with zero attached hydrogens (tertiary/aromatic N) is 2. The third-order valence-corrected chi connectivity index (χ3v) is 7.11. The number of anilines is 1. The summed E-state index contributed by atoms with van der Waals surface area (Å²) in [7, 11) is 0. The SMILES string of the molecule is O=C(Nc1nc2ccc(C(=O)N3CCCCC3)cc2s1)C1CCC(OC2CC2)C1. The molecule has 29 heavy (non-hydrogen) atoms. The third-order valence-electron chi connectivity index (χ3n) is 6.17. The zero-order valence-electron chi connectivity index (χ0n) is 16.6. The van der Waals surface area contributed by atoms with Crippen molar-refractivity contribution in [3.8, 4) is 0 Å². The number of hydrogen-bond acceptors (Lipinski definition) is 5. The van der Waals surface area contributed by atoms with E-state index >= 15 is 0 Å². The number of piperidine rings is 1. The van der Waals surface area contributed by atoms with Gasteiger partial charge in [0.05, 0.1) is 22.4 Å². The molecular formula is C22H27N3O3S. The fourth-order valence-electron chi connectivity index (χ4n) is 4.38. The Balaban J connectivity index is 1.24. The number of amides is 2. The first kappa shape index (κ1) is 19.0. The van der Waals surface area contributed by atoms with Crippen LogP contribution in [0.25, 0.3) is 10.2 Å². The van der Waals surface area contributed by atoms with E-state index in [1.54, 1.807) is 0 Å². The number of rotatable bonds is 5. The largest absolute Gasteiger partial charge is 0.375 e. The van der Waals surface area contributed by atoms with Crippen LogP contribution >= 0.6 is 11.3 Å². The van der Waals surface area contributed by atoms with Gasteiger partial charge in [0.15, 0.2) is 5.13 Å². The minimum absolute atomic E-state index is 0.00185. The highest BCUT2D eigenvalue weighted by molar-refractivity contribution is 7.22. The van der Waals surface area contributed by atoms with Gasteiger partial charge in [-0.15, -0.1) is 0 Å². The maximum atomic E-state index is 12.7.